The van der Waals surface area contributed by atoms with Gasteiger partial charge in [-0.15, -0.1) is 0 Å². The van der Waals surface area contributed by atoms with Gasteiger partial charge in [-0.2, -0.15) is 0 Å². The SMILES string of the molecule is CCCCCCCCc1cccc(C(F)F)c1. The van der Waals surface area contributed by atoms with Gasteiger partial charge in [0.2, 0.25) is 0 Å². The first-order chi connectivity index (χ1) is 8.24. The summed E-state index contributed by atoms with van der Waals surface area (Å²) in [5.74, 6) is 0. The van der Waals surface area contributed by atoms with Gasteiger partial charge in [-0.1, -0.05) is 63.3 Å². The Morgan fingerprint density at radius 3 is 2.41 bits per heavy atom. The fraction of sp³-hybridized carbons (Fsp3) is 0.600. The molecule has 1 aromatic carbocycles. The minimum atomic E-state index is -2.35. The summed E-state index contributed by atoms with van der Waals surface area (Å²) in [7, 11) is 0. The van der Waals surface area contributed by atoms with Gasteiger partial charge in [0, 0.05) is 5.56 Å². The molecule has 0 radical (unpaired) electrons. The van der Waals surface area contributed by atoms with E-state index >= 15 is 0 Å². The Bertz CT molecular complexity index is 308. The Morgan fingerprint density at radius 1 is 1.00 bits per heavy atom. The number of aryl methyl sites for hydroxylation is 1. The van der Waals surface area contributed by atoms with Crippen LogP contribution in [0.1, 0.15) is 63.0 Å². The molecule has 96 valence electrons. The summed E-state index contributed by atoms with van der Waals surface area (Å²) in [5.41, 5.74) is 1.19. The zero-order valence-corrected chi connectivity index (χ0v) is 10.6. The van der Waals surface area contributed by atoms with Crippen LogP contribution in [0.3, 0.4) is 0 Å². The Morgan fingerprint density at radius 2 is 1.71 bits per heavy atom. The standard InChI is InChI=1S/C15H22F2/c1-2-3-4-5-6-7-9-13-10-8-11-14(12-13)15(16)17/h8,10-12,15H,2-7,9H2,1H3. The van der Waals surface area contributed by atoms with Crippen LogP contribution in [0.2, 0.25) is 0 Å². The van der Waals surface area contributed by atoms with Gasteiger partial charge in [0.1, 0.15) is 0 Å². The van der Waals surface area contributed by atoms with E-state index in [1.807, 2.05) is 6.07 Å². The second kappa shape index (κ2) is 8.21. The number of unbranched alkanes of at least 4 members (excludes halogenated alkanes) is 5. The van der Waals surface area contributed by atoms with E-state index in [1.54, 1.807) is 12.1 Å². The van der Waals surface area contributed by atoms with Gasteiger partial charge in [0.05, 0.1) is 0 Å². The fourth-order valence-corrected chi connectivity index (χ4v) is 1.99. The van der Waals surface area contributed by atoms with E-state index in [0.717, 1.165) is 18.4 Å². The monoisotopic (exact) mass is 240 g/mol. The zero-order valence-electron chi connectivity index (χ0n) is 10.6. The number of hydrogen-bond acceptors (Lipinski definition) is 0. The molecule has 0 spiro atoms. The molecule has 0 atom stereocenters. The summed E-state index contributed by atoms with van der Waals surface area (Å²) in [6.07, 6.45) is 6.02. The molecule has 0 saturated carbocycles. The Balaban J connectivity index is 2.24. The van der Waals surface area contributed by atoms with Crippen molar-refractivity contribution in [2.45, 2.75) is 58.3 Å². The molecule has 0 saturated heterocycles. The van der Waals surface area contributed by atoms with Crippen LogP contribution in [0.4, 0.5) is 8.78 Å². The van der Waals surface area contributed by atoms with Crippen molar-refractivity contribution in [1.82, 2.24) is 0 Å². The molecule has 2 heteroatoms. The van der Waals surface area contributed by atoms with Gasteiger partial charge in [-0.3, -0.25) is 0 Å². The van der Waals surface area contributed by atoms with Crippen LogP contribution < -0.4 is 0 Å². The van der Waals surface area contributed by atoms with Crippen molar-refractivity contribution in [3.63, 3.8) is 0 Å². The van der Waals surface area contributed by atoms with Crippen molar-refractivity contribution in [2.24, 2.45) is 0 Å². The Hall–Kier alpha value is -0.920. The lowest BCUT2D eigenvalue weighted by Gasteiger charge is -2.04. The molecule has 0 aliphatic rings. The molecular weight excluding hydrogens is 218 g/mol. The molecule has 0 aromatic heterocycles. The first-order valence-electron chi connectivity index (χ1n) is 6.61. The first-order valence-corrected chi connectivity index (χ1v) is 6.61. The van der Waals surface area contributed by atoms with Crippen molar-refractivity contribution < 1.29 is 8.78 Å². The lowest BCUT2D eigenvalue weighted by molar-refractivity contribution is 0.151. The van der Waals surface area contributed by atoms with Gasteiger partial charge in [0.25, 0.3) is 6.43 Å². The minimum Gasteiger partial charge on any atom is -0.205 e. The normalized spacial score (nSPS) is 11.1. The molecule has 0 nitrogen and oxygen atoms in total. The topological polar surface area (TPSA) is 0 Å². The number of benzene rings is 1. The second-order valence-corrected chi connectivity index (χ2v) is 4.56. The fourth-order valence-electron chi connectivity index (χ4n) is 1.99. The number of rotatable bonds is 8. The summed E-state index contributed by atoms with van der Waals surface area (Å²) in [6, 6.07) is 6.80. The third-order valence-electron chi connectivity index (χ3n) is 3.02. The summed E-state index contributed by atoms with van der Waals surface area (Å²) in [6.45, 7) is 2.20. The molecular formula is C15H22F2. The molecule has 0 heterocycles. The smallest absolute Gasteiger partial charge is 0.205 e. The third kappa shape index (κ3) is 5.81. The molecule has 17 heavy (non-hydrogen) atoms. The van der Waals surface area contributed by atoms with Crippen LogP contribution in [0, 0.1) is 0 Å². The third-order valence-corrected chi connectivity index (χ3v) is 3.02. The predicted octanol–water partition coefficient (Wildman–Crippen LogP) is 5.53. The highest BCUT2D eigenvalue weighted by molar-refractivity contribution is 5.24. The van der Waals surface area contributed by atoms with E-state index in [9.17, 15) is 8.78 Å². The van der Waals surface area contributed by atoms with Crippen LogP contribution >= 0.6 is 0 Å². The molecule has 0 aliphatic heterocycles. The second-order valence-electron chi connectivity index (χ2n) is 4.56. The van der Waals surface area contributed by atoms with E-state index in [4.69, 9.17) is 0 Å². The van der Waals surface area contributed by atoms with Crippen molar-refractivity contribution in [1.29, 1.82) is 0 Å². The van der Waals surface area contributed by atoms with Crippen LogP contribution in [0.25, 0.3) is 0 Å². The van der Waals surface area contributed by atoms with Gasteiger partial charge >= 0.3 is 0 Å². The molecule has 0 bridgehead atoms. The number of alkyl halides is 2. The first kappa shape index (κ1) is 14.1. The summed E-state index contributed by atoms with van der Waals surface area (Å²) in [4.78, 5) is 0. The Labute approximate surface area is 103 Å². The zero-order chi connectivity index (χ0) is 12.5. The molecule has 1 aromatic rings. The number of hydrogen-bond donors (Lipinski definition) is 0. The largest absolute Gasteiger partial charge is 0.263 e. The average Bonchev–Trinajstić information content (AvgIpc) is 2.34. The number of halogens is 2. The van der Waals surface area contributed by atoms with E-state index in [-0.39, 0.29) is 5.56 Å². The molecule has 1 rings (SSSR count). The van der Waals surface area contributed by atoms with E-state index in [1.165, 1.54) is 38.2 Å². The van der Waals surface area contributed by atoms with Gasteiger partial charge in [-0.25, -0.2) is 8.78 Å². The highest BCUT2D eigenvalue weighted by atomic mass is 19.3. The summed E-state index contributed by atoms with van der Waals surface area (Å²) in [5, 5.41) is 0. The van der Waals surface area contributed by atoms with Crippen molar-refractivity contribution in [3.05, 3.63) is 35.4 Å². The van der Waals surface area contributed by atoms with Crippen molar-refractivity contribution in [3.8, 4) is 0 Å². The van der Waals surface area contributed by atoms with Crippen molar-refractivity contribution >= 4 is 0 Å². The van der Waals surface area contributed by atoms with Crippen LogP contribution in [-0.4, -0.2) is 0 Å². The highest BCUT2D eigenvalue weighted by Gasteiger charge is 2.06. The lowest BCUT2D eigenvalue weighted by Crippen LogP contribution is -1.90. The minimum absolute atomic E-state index is 0.147. The van der Waals surface area contributed by atoms with E-state index < -0.39 is 6.43 Å². The molecule has 0 N–H and O–H groups in total. The predicted molar refractivity (Wildman–Crippen MR) is 68.5 cm³/mol. The van der Waals surface area contributed by atoms with E-state index in [0.29, 0.717) is 0 Å². The molecule has 0 amide bonds. The van der Waals surface area contributed by atoms with E-state index in [2.05, 4.69) is 6.92 Å². The maximum atomic E-state index is 12.5. The lowest BCUT2D eigenvalue weighted by atomic mass is 10.0. The quantitative estimate of drug-likeness (QED) is 0.524. The van der Waals surface area contributed by atoms with Crippen molar-refractivity contribution in [2.75, 3.05) is 0 Å². The molecule has 0 fully saturated rings. The van der Waals surface area contributed by atoms with Crippen LogP contribution in [0.5, 0.6) is 0 Å². The van der Waals surface area contributed by atoms with Gasteiger partial charge in [-0.05, 0) is 18.4 Å². The average molecular weight is 240 g/mol. The Kier molecular flexibility index (Phi) is 6.83. The maximum absolute atomic E-state index is 12.5. The van der Waals surface area contributed by atoms with Gasteiger partial charge < -0.3 is 0 Å². The molecule has 0 aliphatic carbocycles. The van der Waals surface area contributed by atoms with Gasteiger partial charge in [0.15, 0.2) is 0 Å². The highest BCUT2D eigenvalue weighted by Crippen LogP contribution is 2.20. The van der Waals surface area contributed by atoms with Crippen LogP contribution in [0.15, 0.2) is 24.3 Å². The van der Waals surface area contributed by atoms with Crippen LogP contribution in [-0.2, 0) is 6.42 Å². The summed E-state index contributed by atoms with van der Waals surface area (Å²) >= 11 is 0. The maximum Gasteiger partial charge on any atom is 0.263 e. The summed E-state index contributed by atoms with van der Waals surface area (Å²) < 4.78 is 24.9. The molecule has 0 unspecified atom stereocenters.